The molecule has 0 aliphatic carbocycles. The van der Waals surface area contributed by atoms with Crippen LogP contribution in [-0.2, 0) is 6.54 Å². The lowest BCUT2D eigenvalue weighted by Crippen LogP contribution is -2.33. The van der Waals surface area contributed by atoms with Crippen molar-refractivity contribution in [3.8, 4) is 0 Å². The molecule has 1 aliphatic rings. The van der Waals surface area contributed by atoms with Crippen LogP contribution in [0.2, 0.25) is 0 Å². The molecule has 0 atom stereocenters. The molecule has 1 aliphatic heterocycles. The van der Waals surface area contributed by atoms with Gasteiger partial charge >= 0.3 is 0 Å². The molecule has 1 aromatic heterocycles. The van der Waals surface area contributed by atoms with Crippen molar-refractivity contribution < 1.29 is 4.79 Å². The van der Waals surface area contributed by atoms with Gasteiger partial charge in [-0.1, -0.05) is 30.3 Å². The maximum Gasteiger partial charge on any atom is 0.162 e. The summed E-state index contributed by atoms with van der Waals surface area (Å²) in [5.41, 5.74) is 3.23. The minimum Gasteiger partial charge on any atom is -0.299 e. The van der Waals surface area contributed by atoms with Crippen LogP contribution in [0, 0.1) is 12.8 Å². The van der Waals surface area contributed by atoms with Gasteiger partial charge in [-0.25, -0.2) is 4.98 Å². The third-order valence-corrected chi connectivity index (χ3v) is 6.49. The van der Waals surface area contributed by atoms with Gasteiger partial charge in [0.1, 0.15) is 0 Å². The molecule has 3 nitrogen and oxygen atoms in total. The predicted molar refractivity (Wildman–Crippen MR) is 112 cm³/mol. The van der Waals surface area contributed by atoms with Crippen molar-refractivity contribution >= 4 is 27.3 Å². The Morgan fingerprint density at radius 3 is 2.70 bits per heavy atom. The van der Waals surface area contributed by atoms with Crippen LogP contribution in [0.15, 0.2) is 48.5 Å². The topological polar surface area (TPSA) is 33.2 Å². The Balaban J connectivity index is 1.26. The molecule has 2 aromatic carbocycles. The summed E-state index contributed by atoms with van der Waals surface area (Å²) in [7, 11) is 0. The highest BCUT2D eigenvalue weighted by Gasteiger charge is 2.20. The van der Waals surface area contributed by atoms with E-state index < -0.39 is 0 Å². The van der Waals surface area contributed by atoms with Crippen LogP contribution >= 0.6 is 11.3 Å². The van der Waals surface area contributed by atoms with Gasteiger partial charge in [-0.15, -0.1) is 11.3 Å². The van der Waals surface area contributed by atoms with E-state index in [4.69, 9.17) is 0 Å². The highest BCUT2D eigenvalue weighted by atomic mass is 32.1. The molecular weight excluding hydrogens is 352 g/mol. The van der Waals surface area contributed by atoms with Crippen molar-refractivity contribution in [3.05, 3.63) is 64.7 Å². The van der Waals surface area contributed by atoms with Gasteiger partial charge in [0.05, 0.1) is 15.2 Å². The van der Waals surface area contributed by atoms with E-state index in [0.717, 1.165) is 46.8 Å². The lowest BCUT2D eigenvalue weighted by Gasteiger charge is -2.32. The van der Waals surface area contributed by atoms with E-state index in [1.54, 1.807) is 11.3 Å². The van der Waals surface area contributed by atoms with E-state index in [1.807, 2.05) is 25.1 Å². The third-order valence-electron chi connectivity index (χ3n) is 5.55. The minimum atomic E-state index is 0.273. The smallest absolute Gasteiger partial charge is 0.162 e. The third kappa shape index (κ3) is 4.63. The zero-order valence-electron chi connectivity index (χ0n) is 15.9. The number of carbonyl (C=O) groups excluding carboxylic acids is 1. The molecule has 1 fully saturated rings. The van der Waals surface area contributed by atoms with Gasteiger partial charge in [-0.05, 0) is 69.0 Å². The van der Waals surface area contributed by atoms with E-state index in [2.05, 4.69) is 40.2 Å². The summed E-state index contributed by atoms with van der Waals surface area (Å²) < 4.78 is 1.12. The van der Waals surface area contributed by atoms with Crippen molar-refractivity contribution in [2.45, 2.75) is 39.2 Å². The second kappa shape index (κ2) is 8.32. The largest absolute Gasteiger partial charge is 0.299 e. The lowest BCUT2D eigenvalue weighted by atomic mass is 9.90. The number of fused-ring (bicyclic) bond motifs is 1. The van der Waals surface area contributed by atoms with E-state index >= 15 is 0 Å². The molecule has 0 bridgehead atoms. The molecule has 3 aromatic rings. The number of benzene rings is 2. The van der Waals surface area contributed by atoms with E-state index in [0.29, 0.717) is 12.3 Å². The number of carbonyl (C=O) groups is 1. The first-order valence-corrected chi connectivity index (χ1v) is 10.7. The van der Waals surface area contributed by atoms with Crippen LogP contribution in [0.4, 0.5) is 0 Å². The molecule has 4 rings (SSSR count). The molecule has 2 heterocycles. The van der Waals surface area contributed by atoms with Gasteiger partial charge in [0.2, 0.25) is 0 Å². The Hall–Kier alpha value is -2.04. The fourth-order valence-electron chi connectivity index (χ4n) is 3.97. The van der Waals surface area contributed by atoms with Gasteiger partial charge < -0.3 is 0 Å². The average Bonchev–Trinajstić information content (AvgIpc) is 3.07. The zero-order valence-corrected chi connectivity index (χ0v) is 16.7. The number of aromatic nitrogens is 1. The van der Waals surface area contributed by atoms with Crippen LogP contribution in [0.1, 0.15) is 46.6 Å². The summed E-state index contributed by atoms with van der Waals surface area (Å²) in [5.74, 6) is 0.949. The molecule has 27 heavy (non-hydrogen) atoms. The first kappa shape index (κ1) is 18.3. The number of Topliss-reactive ketones (excluding diaryl/α,β-unsaturated/α-hetero) is 1. The number of piperidine rings is 1. The van der Waals surface area contributed by atoms with Gasteiger partial charge in [-0.2, -0.15) is 0 Å². The van der Waals surface area contributed by atoms with Crippen LogP contribution in [0.25, 0.3) is 10.2 Å². The fraction of sp³-hybridized carbons (Fsp3) is 0.391. The van der Waals surface area contributed by atoms with Crippen molar-refractivity contribution in [2.24, 2.45) is 5.92 Å². The summed E-state index contributed by atoms with van der Waals surface area (Å²) in [5, 5.41) is 1.05. The van der Waals surface area contributed by atoms with Crippen molar-refractivity contribution in [2.75, 3.05) is 13.1 Å². The quantitative estimate of drug-likeness (QED) is 0.533. The Bertz CT molecular complexity index is 911. The molecule has 140 valence electrons. The number of ketones is 1. The molecule has 0 radical (unpaired) electrons. The molecule has 0 amide bonds. The van der Waals surface area contributed by atoms with E-state index in [9.17, 15) is 4.79 Å². The average molecular weight is 379 g/mol. The van der Waals surface area contributed by atoms with Gasteiger partial charge in [-0.3, -0.25) is 9.69 Å². The fourth-order valence-corrected chi connectivity index (χ4v) is 4.83. The Morgan fingerprint density at radius 1 is 1.15 bits per heavy atom. The van der Waals surface area contributed by atoms with Crippen LogP contribution < -0.4 is 0 Å². The number of likely N-dealkylation sites (tertiary alicyclic amines) is 1. The maximum atomic E-state index is 12.6. The van der Waals surface area contributed by atoms with Crippen LogP contribution in [0.3, 0.4) is 0 Å². The first-order chi connectivity index (χ1) is 13.2. The normalized spacial score (nSPS) is 16.0. The van der Waals surface area contributed by atoms with Crippen LogP contribution in [0.5, 0.6) is 0 Å². The molecular formula is C23H26N2OS. The summed E-state index contributed by atoms with van der Waals surface area (Å²) in [6.45, 7) is 5.33. The van der Waals surface area contributed by atoms with Gasteiger partial charge in [0.25, 0.3) is 0 Å². The Morgan fingerprint density at radius 2 is 1.93 bits per heavy atom. The molecule has 0 spiro atoms. The standard InChI is InChI=1S/C23H26N2OS/c1-17-24-21-9-8-20(15-23(21)27-17)22(26)10-7-18-11-13-25(14-12-18)16-19-5-3-2-4-6-19/h2-6,8-9,15,18H,7,10-14,16H2,1H3. The zero-order chi connectivity index (χ0) is 18.6. The van der Waals surface area contributed by atoms with E-state index in [1.165, 1.54) is 18.4 Å². The van der Waals surface area contributed by atoms with Gasteiger partial charge in [0, 0.05) is 18.5 Å². The number of thiazole rings is 1. The SMILES string of the molecule is Cc1nc2ccc(C(=O)CCC3CCN(Cc4ccccc4)CC3)cc2s1. The number of rotatable bonds is 6. The minimum absolute atomic E-state index is 0.273. The second-order valence-corrected chi connectivity index (χ2v) is 8.82. The molecule has 0 N–H and O–H groups in total. The Labute approximate surface area is 165 Å². The second-order valence-electron chi connectivity index (χ2n) is 7.58. The maximum absolute atomic E-state index is 12.6. The van der Waals surface area contributed by atoms with Crippen molar-refractivity contribution in [1.29, 1.82) is 0 Å². The van der Waals surface area contributed by atoms with Crippen molar-refractivity contribution in [3.63, 3.8) is 0 Å². The number of nitrogens with zero attached hydrogens (tertiary/aromatic N) is 2. The monoisotopic (exact) mass is 378 g/mol. The summed E-state index contributed by atoms with van der Waals surface area (Å²) in [6, 6.07) is 16.6. The van der Waals surface area contributed by atoms with E-state index in [-0.39, 0.29) is 5.78 Å². The number of hydrogen-bond donors (Lipinski definition) is 0. The number of hydrogen-bond acceptors (Lipinski definition) is 4. The summed E-state index contributed by atoms with van der Waals surface area (Å²) in [6.07, 6.45) is 4.07. The molecule has 1 saturated heterocycles. The molecule has 0 unspecified atom stereocenters. The molecule has 0 saturated carbocycles. The Kier molecular flexibility index (Phi) is 5.65. The summed E-state index contributed by atoms with van der Waals surface area (Å²) in [4.78, 5) is 19.6. The summed E-state index contributed by atoms with van der Waals surface area (Å²) >= 11 is 1.66. The first-order valence-electron chi connectivity index (χ1n) is 9.84. The van der Waals surface area contributed by atoms with Crippen molar-refractivity contribution in [1.82, 2.24) is 9.88 Å². The number of aryl methyl sites for hydroxylation is 1. The highest BCUT2D eigenvalue weighted by Crippen LogP contribution is 2.26. The predicted octanol–water partition coefficient (Wildman–Crippen LogP) is 5.48. The van der Waals surface area contributed by atoms with Crippen LogP contribution in [-0.4, -0.2) is 28.8 Å². The lowest BCUT2D eigenvalue weighted by molar-refractivity contribution is 0.0961. The molecule has 4 heteroatoms. The van der Waals surface area contributed by atoms with Gasteiger partial charge in [0.15, 0.2) is 5.78 Å². The highest BCUT2D eigenvalue weighted by molar-refractivity contribution is 7.18.